The predicted molar refractivity (Wildman–Crippen MR) is 155 cm³/mol. The standard InChI is InChI=1S/C30H32Br2N2O2/c1-3-14-33(15-4-2)16-10-18-36-30-26(31)19-23(20-27(30)32)29(35)28-25(22-11-6-5-7-12-22)21-24-13-8-9-17-34(24)28/h5-9,11-13,17,19-21H,3-4,10,14-16,18H2,1-2H3. The van der Waals surface area contributed by atoms with Crippen molar-refractivity contribution < 1.29 is 9.53 Å². The number of ether oxygens (including phenoxy) is 1. The molecule has 2 heterocycles. The molecule has 0 bridgehead atoms. The summed E-state index contributed by atoms with van der Waals surface area (Å²) in [6, 6.07) is 21.8. The molecule has 0 N–H and O–H groups in total. The second kappa shape index (κ2) is 12.7. The molecule has 4 nitrogen and oxygen atoms in total. The fraction of sp³-hybridized carbons (Fsp3) is 0.300. The molecular weight excluding hydrogens is 580 g/mol. The lowest BCUT2D eigenvalue weighted by Gasteiger charge is -2.21. The third kappa shape index (κ3) is 6.10. The summed E-state index contributed by atoms with van der Waals surface area (Å²) in [6.07, 6.45) is 5.22. The van der Waals surface area contributed by atoms with E-state index in [0.29, 0.717) is 17.9 Å². The van der Waals surface area contributed by atoms with E-state index >= 15 is 0 Å². The van der Waals surface area contributed by atoms with Crippen molar-refractivity contribution in [1.29, 1.82) is 0 Å². The average Bonchev–Trinajstić information content (AvgIpc) is 3.27. The van der Waals surface area contributed by atoms with Crippen molar-refractivity contribution in [2.45, 2.75) is 33.1 Å². The topological polar surface area (TPSA) is 34.0 Å². The van der Waals surface area contributed by atoms with Crippen molar-refractivity contribution in [1.82, 2.24) is 9.30 Å². The molecule has 0 aliphatic rings. The number of nitrogens with zero attached hydrogens (tertiary/aromatic N) is 2. The molecule has 4 rings (SSSR count). The zero-order valence-electron chi connectivity index (χ0n) is 20.8. The maximum Gasteiger partial charge on any atom is 0.210 e. The summed E-state index contributed by atoms with van der Waals surface area (Å²) in [5.74, 6) is 0.690. The molecule has 0 unspecified atom stereocenters. The minimum atomic E-state index is -0.0391. The van der Waals surface area contributed by atoms with Gasteiger partial charge in [0, 0.05) is 29.4 Å². The molecule has 36 heavy (non-hydrogen) atoms. The van der Waals surface area contributed by atoms with E-state index in [-0.39, 0.29) is 5.78 Å². The van der Waals surface area contributed by atoms with Crippen LogP contribution in [-0.2, 0) is 0 Å². The lowest BCUT2D eigenvalue weighted by molar-refractivity contribution is 0.103. The van der Waals surface area contributed by atoms with Gasteiger partial charge in [-0.15, -0.1) is 0 Å². The Bertz CT molecular complexity index is 1290. The number of carbonyl (C=O) groups is 1. The minimum Gasteiger partial charge on any atom is -0.491 e. The predicted octanol–water partition coefficient (Wildman–Crippen LogP) is 8.25. The molecule has 0 amide bonds. The molecule has 0 saturated carbocycles. The molecule has 0 saturated heterocycles. The van der Waals surface area contributed by atoms with Gasteiger partial charge in [-0.1, -0.05) is 50.2 Å². The molecule has 2 aromatic heterocycles. The highest BCUT2D eigenvalue weighted by molar-refractivity contribution is 9.11. The molecule has 0 aliphatic heterocycles. The zero-order valence-corrected chi connectivity index (χ0v) is 24.0. The Morgan fingerprint density at radius 1 is 0.889 bits per heavy atom. The zero-order chi connectivity index (χ0) is 25.5. The Kier molecular flexibility index (Phi) is 9.41. The summed E-state index contributed by atoms with van der Waals surface area (Å²) in [4.78, 5) is 16.4. The van der Waals surface area contributed by atoms with Gasteiger partial charge >= 0.3 is 0 Å². The lowest BCUT2D eigenvalue weighted by atomic mass is 10.0. The molecular formula is C30H32Br2N2O2. The third-order valence-corrected chi connectivity index (χ3v) is 7.36. The van der Waals surface area contributed by atoms with E-state index in [4.69, 9.17) is 4.74 Å². The number of halogens is 2. The molecule has 0 spiro atoms. The van der Waals surface area contributed by atoms with E-state index in [1.807, 2.05) is 71.3 Å². The Balaban J connectivity index is 1.57. The smallest absolute Gasteiger partial charge is 0.210 e. The van der Waals surface area contributed by atoms with Crippen molar-refractivity contribution in [2.75, 3.05) is 26.2 Å². The number of hydrogen-bond donors (Lipinski definition) is 0. The fourth-order valence-electron chi connectivity index (χ4n) is 4.59. The van der Waals surface area contributed by atoms with Crippen LogP contribution in [0.15, 0.2) is 81.9 Å². The molecule has 0 aliphatic carbocycles. The van der Waals surface area contributed by atoms with Crippen molar-refractivity contribution in [2.24, 2.45) is 0 Å². The van der Waals surface area contributed by atoms with Crippen LogP contribution in [0.1, 0.15) is 49.2 Å². The van der Waals surface area contributed by atoms with Gasteiger partial charge in [-0.05, 0) is 100 Å². The van der Waals surface area contributed by atoms with Crippen molar-refractivity contribution in [3.8, 4) is 16.9 Å². The number of benzene rings is 2. The Labute approximate surface area is 230 Å². The molecule has 0 atom stereocenters. The third-order valence-electron chi connectivity index (χ3n) is 6.18. The first-order valence-electron chi connectivity index (χ1n) is 12.6. The molecule has 0 radical (unpaired) electrons. The largest absolute Gasteiger partial charge is 0.491 e. The fourth-order valence-corrected chi connectivity index (χ4v) is 6.00. The van der Waals surface area contributed by atoms with E-state index in [9.17, 15) is 4.79 Å². The average molecular weight is 612 g/mol. The van der Waals surface area contributed by atoms with Crippen LogP contribution in [0.2, 0.25) is 0 Å². The van der Waals surface area contributed by atoms with Gasteiger partial charge in [0.15, 0.2) is 0 Å². The highest BCUT2D eigenvalue weighted by Crippen LogP contribution is 2.37. The van der Waals surface area contributed by atoms with Gasteiger partial charge in [0.1, 0.15) is 11.4 Å². The quantitative estimate of drug-likeness (QED) is 0.119. The number of carbonyl (C=O) groups excluding carboxylic acids is 1. The van der Waals surface area contributed by atoms with Crippen LogP contribution in [-0.4, -0.2) is 41.3 Å². The SMILES string of the molecule is CCCN(CCC)CCCOc1c(Br)cc(C(=O)c2c(-c3ccccc3)cc3ccccn23)cc1Br. The van der Waals surface area contributed by atoms with Crippen LogP contribution in [0.25, 0.3) is 16.6 Å². The molecule has 0 fully saturated rings. The van der Waals surface area contributed by atoms with E-state index in [1.165, 1.54) is 0 Å². The monoisotopic (exact) mass is 610 g/mol. The number of aromatic nitrogens is 1. The van der Waals surface area contributed by atoms with E-state index < -0.39 is 0 Å². The van der Waals surface area contributed by atoms with Crippen molar-refractivity contribution in [3.63, 3.8) is 0 Å². The van der Waals surface area contributed by atoms with E-state index in [2.05, 4.69) is 56.7 Å². The van der Waals surface area contributed by atoms with Gasteiger partial charge in [-0.3, -0.25) is 4.79 Å². The van der Waals surface area contributed by atoms with Crippen LogP contribution >= 0.6 is 31.9 Å². The summed E-state index contributed by atoms with van der Waals surface area (Å²) < 4.78 is 9.62. The second-order valence-corrected chi connectivity index (χ2v) is 10.6. The number of hydrogen-bond acceptors (Lipinski definition) is 3. The number of ketones is 1. The molecule has 6 heteroatoms. The van der Waals surface area contributed by atoms with Crippen LogP contribution in [0.4, 0.5) is 0 Å². The van der Waals surface area contributed by atoms with Crippen LogP contribution in [0.3, 0.4) is 0 Å². The van der Waals surface area contributed by atoms with Gasteiger partial charge in [-0.25, -0.2) is 0 Å². The van der Waals surface area contributed by atoms with Crippen molar-refractivity contribution in [3.05, 3.63) is 93.1 Å². The highest BCUT2D eigenvalue weighted by atomic mass is 79.9. The summed E-state index contributed by atoms with van der Waals surface area (Å²) in [6.45, 7) is 8.33. The molecule has 188 valence electrons. The normalized spacial score (nSPS) is 11.4. The molecule has 2 aromatic carbocycles. The van der Waals surface area contributed by atoms with Crippen molar-refractivity contribution >= 4 is 43.2 Å². The maximum atomic E-state index is 13.9. The summed E-state index contributed by atoms with van der Waals surface area (Å²) >= 11 is 7.30. The molecule has 4 aromatic rings. The Morgan fingerprint density at radius 3 is 2.22 bits per heavy atom. The summed E-state index contributed by atoms with van der Waals surface area (Å²) in [5, 5.41) is 0. The summed E-state index contributed by atoms with van der Waals surface area (Å²) in [5.41, 5.74) is 4.17. The highest BCUT2D eigenvalue weighted by Gasteiger charge is 2.22. The first-order chi connectivity index (χ1) is 17.5. The number of pyridine rings is 1. The minimum absolute atomic E-state index is 0.0391. The maximum absolute atomic E-state index is 13.9. The van der Waals surface area contributed by atoms with Gasteiger partial charge in [0.2, 0.25) is 5.78 Å². The first-order valence-corrected chi connectivity index (χ1v) is 14.2. The van der Waals surface area contributed by atoms with Crippen LogP contribution in [0.5, 0.6) is 5.75 Å². The van der Waals surface area contributed by atoms with Crippen LogP contribution < -0.4 is 4.74 Å². The number of fused-ring (bicyclic) bond motifs is 1. The number of rotatable bonds is 12. The van der Waals surface area contributed by atoms with Gasteiger partial charge in [0.25, 0.3) is 0 Å². The Hall–Kier alpha value is -2.41. The Morgan fingerprint density at radius 2 is 1.56 bits per heavy atom. The van der Waals surface area contributed by atoms with E-state index in [0.717, 1.165) is 70.2 Å². The first kappa shape index (κ1) is 26.6. The summed E-state index contributed by atoms with van der Waals surface area (Å²) in [7, 11) is 0. The lowest BCUT2D eigenvalue weighted by Crippen LogP contribution is -2.27. The van der Waals surface area contributed by atoms with E-state index in [1.54, 1.807) is 0 Å². The van der Waals surface area contributed by atoms with Crippen LogP contribution in [0, 0.1) is 0 Å². The second-order valence-electron chi connectivity index (χ2n) is 8.91. The van der Waals surface area contributed by atoms with Gasteiger partial charge in [-0.2, -0.15) is 0 Å². The van der Waals surface area contributed by atoms with Gasteiger partial charge in [0.05, 0.1) is 15.6 Å². The van der Waals surface area contributed by atoms with Gasteiger partial charge < -0.3 is 14.0 Å².